The number of carbonyl (C=O) groups excluding carboxylic acids is 1. The van der Waals surface area contributed by atoms with Crippen LogP contribution in [0.5, 0.6) is 0 Å². The van der Waals surface area contributed by atoms with Gasteiger partial charge in [-0.2, -0.15) is 0 Å². The molecule has 0 fully saturated rings. The molecule has 1 amide bonds. The van der Waals surface area contributed by atoms with Crippen LogP contribution in [-0.2, 0) is 9.53 Å². The first kappa shape index (κ1) is 16.5. The smallest absolute Gasteiger partial charge is 0.230 e. The lowest BCUT2D eigenvalue weighted by Gasteiger charge is -2.13. The number of hydrogen-bond donors (Lipinski definition) is 1. The van der Waals surface area contributed by atoms with Crippen molar-refractivity contribution in [3.8, 4) is 0 Å². The quantitative estimate of drug-likeness (QED) is 0.803. The number of aryl methyl sites for hydroxylation is 2. The second-order valence-electron chi connectivity index (χ2n) is 4.58. The van der Waals surface area contributed by atoms with E-state index in [2.05, 4.69) is 40.3 Å². The van der Waals surface area contributed by atoms with E-state index in [0.717, 1.165) is 9.37 Å². The van der Waals surface area contributed by atoms with Crippen LogP contribution in [0.15, 0.2) is 21.5 Å². The van der Waals surface area contributed by atoms with Crippen LogP contribution in [0.2, 0.25) is 0 Å². The van der Waals surface area contributed by atoms with Crippen LogP contribution in [-0.4, -0.2) is 31.4 Å². The Bertz CT molecular complexity index is 451. The van der Waals surface area contributed by atoms with Gasteiger partial charge < -0.3 is 10.1 Å². The highest BCUT2D eigenvalue weighted by Gasteiger charge is 2.09. The molecule has 0 aliphatic rings. The van der Waals surface area contributed by atoms with Crippen molar-refractivity contribution in [2.24, 2.45) is 0 Å². The molecule has 1 atom stereocenters. The third kappa shape index (κ3) is 5.55. The summed E-state index contributed by atoms with van der Waals surface area (Å²) in [5.74, 6) is 0.463. The van der Waals surface area contributed by atoms with Crippen LogP contribution in [0.1, 0.15) is 18.1 Å². The summed E-state index contributed by atoms with van der Waals surface area (Å²) in [7, 11) is 1.63. The van der Waals surface area contributed by atoms with Gasteiger partial charge in [-0.25, -0.2) is 0 Å². The van der Waals surface area contributed by atoms with Gasteiger partial charge in [0.25, 0.3) is 0 Å². The second-order valence-corrected chi connectivity index (χ2v) is 6.45. The number of rotatable bonds is 6. The first-order chi connectivity index (χ1) is 8.93. The Labute approximate surface area is 127 Å². The molecule has 1 rings (SSSR count). The first-order valence-electron chi connectivity index (χ1n) is 6.12. The van der Waals surface area contributed by atoms with E-state index in [-0.39, 0.29) is 11.9 Å². The van der Waals surface area contributed by atoms with E-state index in [9.17, 15) is 4.79 Å². The van der Waals surface area contributed by atoms with Gasteiger partial charge in [-0.15, -0.1) is 11.8 Å². The highest BCUT2D eigenvalue weighted by Crippen LogP contribution is 2.28. The summed E-state index contributed by atoms with van der Waals surface area (Å²) in [5.41, 5.74) is 2.36. The molecule has 0 bridgehead atoms. The van der Waals surface area contributed by atoms with Crippen LogP contribution < -0.4 is 5.32 Å². The third-order valence-corrected chi connectivity index (χ3v) is 4.65. The SMILES string of the molecule is COCC(C)NC(=O)CSc1cc(C)c(Br)cc1C. The zero-order chi connectivity index (χ0) is 14.4. The van der Waals surface area contributed by atoms with E-state index in [4.69, 9.17) is 4.74 Å². The predicted octanol–water partition coefficient (Wildman–Crippen LogP) is 3.31. The van der Waals surface area contributed by atoms with Crippen LogP contribution >= 0.6 is 27.7 Å². The number of ether oxygens (including phenoxy) is 1. The number of benzene rings is 1. The van der Waals surface area contributed by atoms with Gasteiger partial charge in [-0.05, 0) is 44.0 Å². The number of hydrogen-bond acceptors (Lipinski definition) is 3. The van der Waals surface area contributed by atoms with Crippen LogP contribution in [0.25, 0.3) is 0 Å². The Morgan fingerprint density at radius 3 is 2.74 bits per heavy atom. The maximum absolute atomic E-state index is 11.8. The standard InChI is InChI=1S/C14H20BrNO2S/c1-9-6-13(10(2)5-12(9)15)19-8-14(17)16-11(3)7-18-4/h5-6,11H,7-8H2,1-4H3,(H,16,17). The van der Waals surface area contributed by atoms with Crippen molar-refractivity contribution in [1.82, 2.24) is 5.32 Å². The van der Waals surface area contributed by atoms with Gasteiger partial charge in [-0.1, -0.05) is 15.9 Å². The summed E-state index contributed by atoms with van der Waals surface area (Å²) in [6.07, 6.45) is 0. The maximum Gasteiger partial charge on any atom is 0.230 e. The summed E-state index contributed by atoms with van der Waals surface area (Å²) in [5, 5.41) is 2.90. The van der Waals surface area contributed by atoms with E-state index in [1.807, 2.05) is 13.8 Å². The van der Waals surface area contributed by atoms with Crippen molar-refractivity contribution in [2.45, 2.75) is 31.7 Å². The summed E-state index contributed by atoms with van der Waals surface area (Å²) in [4.78, 5) is 12.9. The Balaban J connectivity index is 2.53. The zero-order valence-corrected chi connectivity index (χ0v) is 14.2. The predicted molar refractivity (Wildman–Crippen MR) is 83.8 cm³/mol. The molecule has 0 spiro atoms. The minimum Gasteiger partial charge on any atom is -0.383 e. The average Bonchev–Trinajstić information content (AvgIpc) is 2.32. The highest BCUT2D eigenvalue weighted by molar-refractivity contribution is 9.10. The molecule has 0 aliphatic heterocycles. The number of nitrogens with one attached hydrogen (secondary N) is 1. The van der Waals surface area contributed by atoms with Crippen LogP contribution in [0.3, 0.4) is 0 Å². The highest BCUT2D eigenvalue weighted by atomic mass is 79.9. The van der Waals surface area contributed by atoms with Crippen LogP contribution in [0.4, 0.5) is 0 Å². The third-order valence-electron chi connectivity index (χ3n) is 2.64. The van der Waals surface area contributed by atoms with Crippen molar-refractivity contribution in [3.05, 3.63) is 27.7 Å². The molecule has 1 unspecified atom stereocenters. The van der Waals surface area contributed by atoms with Crippen LogP contribution in [0, 0.1) is 13.8 Å². The van der Waals surface area contributed by atoms with Gasteiger partial charge in [0.15, 0.2) is 0 Å². The van der Waals surface area contributed by atoms with Gasteiger partial charge >= 0.3 is 0 Å². The minimum atomic E-state index is 0.0366. The molecule has 5 heteroatoms. The Morgan fingerprint density at radius 2 is 2.11 bits per heavy atom. The van der Waals surface area contributed by atoms with E-state index in [0.29, 0.717) is 12.4 Å². The molecule has 0 saturated carbocycles. The van der Waals surface area contributed by atoms with E-state index in [1.165, 1.54) is 11.1 Å². The lowest BCUT2D eigenvalue weighted by molar-refractivity contribution is -0.119. The van der Waals surface area contributed by atoms with Crippen molar-refractivity contribution < 1.29 is 9.53 Å². The molecule has 1 aromatic carbocycles. The second kappa shape index (κ2) is 7.92. The number of halogens is 1. The molecule has 3 nitrogen and oxygen atoms in total. The minimum absolute atomic E-state index is 0.0366. The number of amides is 1. The zero-order valence-electron chi connectivity index (χ0n) is 11.7. The fourth-order valence-electron chi connectivity index (χ4n) is 1.66. The van der Waals surface area contributed by atoms with Gasteiger partial charge in [0, 0.05) is 22.5 Å². The maximum atomic E-state index is 11.8. The fourth-order valence-corrected chi connectivity index (χ4v) is 3.04. The molecule has 0 radical (unpaired) electrons. The summed E-state index contributed by atoms with van der Waals surface area (Å²) < 4.78 is 6.09. The number of carbonyl (C=O) groups is 1. The largest absolute Gasteiger partial charge is 0.383 e. The van der Waals surface area contributed by atoms with Crippen molar-refractivity contribution in [1.29, 1.82) is 0 Å². The normalized spacial score (nSPS) is 12.3. The van der Waals surface area contributed by atoms with Gasteiger partial charge in [-0.3, -0.25) is 4.79 Å². The fraction of sp³-hybridized carbons (Fsp3) is 0.500. The molecule has 106 valence electrons. The lowest BCUT2D eigenvalue weighted by atomic mass is 10.2. The molecule has 0 aliphatic carbocycles. The average molecular weight is 346 g/mol. The van der Waals surface area contributed by atoms with E-state index >= 15 is 0 Å². The molecule has 0 heterocycles. The Hall–Kier alpha value is -0.520. The number of thioether (sulfide) groups is 1. The summed E-state index contributed by atoms with van der Waals surface area (Å²) in [6.45, 7) is 6.57. The van der Waals surface area contributed by atoms with Gasteiger partial charge in [0.05, 0.1) is 12.4 Å². The van der Waals surface area contributed by atoms with E-state index < -0.39 is 0 Å². The monoisotopic (exact) mass is 345 g/mol. The summed E-state index contributed by atoms with van der Waals surface area (Å²) in [6, 6.07) is 4.24. The Morgan fingerprint density at radius 1 is 1.42 bits per heavy atom. The Kier molecular flexibility index (Phi) is 6.89. The van der Waals surface area contributed by atoms with Crippen molar-refractivity contribution >= 4 is 33.6 Å². The topological polar surface area (TPSA) is 38.3 Å². The molecular formula is C14H20BrNO2S. The van der Waals surface area contributed by atoms with Gasteiger partial charge in [0.1, 0.15) is 0 Å². The summed E-state index contributed by atoms with van der Waals surface area (Å²) >= 11 is 5.07. The molecular weight excluding hydrogens is 326 g/mol. The molecule has 19 heavy (non-hydrogen) atoms. The number of methoxy groups -OCH3 is 1. The van der Waals surface area contributed by atoms with Crippen molar-refractivity contribution in [2.75, 3.05) is 19.5 Å². The molecule has 1 aromatic rings. The van der Waals surface area contributed by atoms with E-state index in [1.54, 1.807) is 18.9 Å². The molecule has 0 saturated heterocycles. The molecule has 1 N–H and O–H groups in total. The lowest BCUT2D eigenvalue weighted by Crippen LogP contribution is -2.36. The molecule has 0 aromatic heterocycles. The van der Waals surface area contributed by atoms with Gasteiger partial charge in [0.2, 0.25) is 5.91 Å². The first-order valence-corrected chi connectivity index (χ1v) is 7.89. The van der Waals surface area contributed by atoms with Crippen molar-refractivity contribution in [3.63, 3.8) is 0 Å².